The maximum Gasteiger partial charge on any atom is 0.295 e. The van der Waals surface area contributed by atoms with Crippen LogP contribution in [0.1, 0.15) is 17.9 Å². The molecule has 0 amide bonds. The predicted molar refractivity (Wildman–Crippen MR) is 74.2 cm³/mol. The minimum absolute atomic E-state index is 0.123. The van der Waals surface area contributed by atoms with Gasteiger partial charge in [0.25, 0.3) is 5.69 Å². The first-order valence-electron chi connectivity index (χ1n) is 6.52. The summed E-state index contributed by atoms with van der Waals surface area (Å²) in [6, 6.07) is 11.2. The van der Waals surface area contributed by atoms with E-state index in [1.165, 1.54) is 0 Å². The second-order valence-corrected chi connectivity index (χ2v) is 5.02. The highest BCUT2D eigenvalue weighted by Gasteiger charge is 2.40. The number of nitro groups is 1. The first-order chi connectivity index (χ1) is 10.1. The van der Waals surface area contributed by atoms with Gasteiger partial charge in [0.1, 0.15) is 0 Å². The molecule has 2 atom stereocenters. The molecular weight excluding hydrogens is 278 g/mol. The van der Waals surface area contributed by atoms with Crippen LogP contribution in [0.3, 0.4) is 0 Å². The molecule has 1 aliphatic carbocycles. The Morgan fingerprint density at radius 2 is 1.86 bits per heavy atom. The van der Waals surface area contributed by atoms with Crippen LogP contribution in [-0.4, -0.2) is 11.0 Å². The number of nitro benzene ring substituents is 1. The van der Waals surface area contributed by atoms with Crippen molar-refractivity contribution in [1.29, 1.82) is 0 Å². The van der Waals surface area contributed by atoms with E-state index < -0.39 is 22.2 Å². The summed E-state index contributed by atoms with van der Waals surface area (Å²) >= 11 is 0. The van der Waals surface area contributed by atoms with Gasteiger partial charge in [0, 0.05) is 18.0 Å². The Kier molecular flexibility index (Phi) is 3.29. The van der Waals surface area contributed by atoms with E-state index >= 15 is 0 Å². The molecule has 2 aromatic rings. The van der Waals surface area contributed by atoms with Crippen LogP contribution < -0.4 is 5.32 Å². The van der Waals surface area contributed by atoms with E-state index in [1.54, 1.807) is 0 Å². The van der Waals surface area contributed by atoms with Crippen LogP contribution >= 0.6 is 0 Å². The summed E-state index contributed by atoms with van der Waals surface area (Å²) in [5, 5.41) is 13.7. The van der Waals surface area contributed by atoms with Crippen LogP contribution in [-0.2, 0) is 0 Å². The maximum atomic E-state index is 13.8. The Morgan fingerprint density at radius 3 is 2.52 bits per heavy atom. The van der Waals surface area contributed by atoms with Crippen molar-refractivity contribution in [1.82, 2.24) is 0 Å². The average molecular weight is 290 g/mol. The summed E-state index contributed by atoms with van der Waals surface area (Å²) in [5.74, 6) is -2.14. The molecule has 2 unspecified atom stereocenters. The summed E-state index contributed by atoms with van der Waals surface area (Å²) < 4.78 is 27.1. The number of benzene rings is 2. The Labute approximate surface area is 119 Å². The van der Waals surface area contributed by atoms with Gasteiger partial charge in [0.05, 0.1) is 4.92 Å². The second-order valence-electron chi connectivity index (χ2n) is 5.02. The largest absolute Gasteiger partial charge is 0.374 e. The van der Waals surface area contributed by atoms with Crippen molar-refractivity contribution in [3.05, 3.63) is 69.8 Å². The third kappa shape index (κ3) is 2.56. The van der Waals surface area contributed by atoms with Crippen LogP contribution in [0.2, 0.25) is 0 Å². The number of rotatable bonds is 4. The zero-order valence-corrected chi connectivity index (χ0v) is 10.9. The summed E-state index contributed by atoms with van der Waals surface area (Å²) in [4.78, 5) is 10.2. The quantitative estimate of drug-likeness (QED) is 0.687. The van der Waals surface area contributed by atoms with Gasteiger partial charge in [0.2, 0.25) is 0 Å². The van der Waals surface area contributed by atoms with E-state index in [1.807, 2.05) is 30.3 Å². The fourth-order valence-corrected chi connectivity index (χ4v) is 2.44. The number of hydrogen-bond acceptors (Lipinski definition) is 3. The SMILES string of the molecule is O=[N+]([O-])c1ccc(F)c(F)c1NC1CC1c1ccccc1. The Bertz CT molecular complexity index is 692. The molecule has 1 fully saturated rings. The summed E-state index contributed by atoms with van der Waals surface area (Å²) in [5.41, 5.74) is 0.255. The minimum Gasteiger partial charge on any atom is -0.374 e. The smallest absolute Gasteiger partial charge is 0.295 e. The molecule has 0 radical (unpaired) electrons. The van der Waals surface area contributed by atoms with E-state index in [0.717, 1.165) is 24.1 Å². The van der Waals surface area contributed by atoms with Gasteiger partial charge in [-0.2, -0.15) is 0 Å². The molecule has 3 rings (SSSR count). The van der Waals surface area contributed by atoms with Crippen molar-refractivity contribution < 1.29 is 13.7 Å². The van der Waals surface area contributed by atoms with E-state index in [0.29, 0.717) is 0 Å². The lowest BCUT2D eigenvalue weighted by Crippen LogP contribution is -2.09. The van der Waals surface area contributed by atoms with Crippen molar-refractivity contribution in [2.45, 2.75) is 18.4 Å². The van der Waals surface area contributed by atoms with Gasteiger partial charge in [-0.3, -0.25) is 10.1 Å². The molecule has 1 saturated carbocycles. The summed E-state index contributed by atoms with van der Waals surface area (Å²) in [6.07, 6.45) is 0.733. The topological polar surface area (TPSA) is 55.2 Å². The number of hydrogen-bond donors (Lipinski definition) is 1. The molecule has 0 bridgehead atoms. The highest BCUT2D eigenvalue weighted by atomic mass is 19.2. The number of anilines is 1. The molecular formula is C15H12F2N2O2. The molecule has 0 saturated heterocycles. The van der Waals surface area contributed by atoms with Gasteiger partial charge in [0.15, 0.2) is 17.3 Å². The van der Waals surface area contributed by atoms with Crippen molar-refractivity contribution in [2.24, 2.45) is 0 Å². The first kappa shape index (κ1) is 13.5. The molecule has 6 heteroatoms. The fraction of sp³-hybridized carbons (Fsp3) is 0.200. The Hall–Kier alpha value is -2.50. The third-order valence-electron chi connectivity index (χ3n) is 3.62. The van der Waals surface area contributed by atoms with E-state index in [9.17, 15) is 18.9 Å². The lowest BCUT2D eigenvalue weighted by molar-refractivity contribution is -0.384. The summed E-state index contributed by atoms with van der Waals surface area (Å²) in [7, 11) is 0. The van der Waals surface area contributed by atoms with Gasteiger partial charge < -0.3 is 5.32 Å². The number of nitrogens with zero attached hydrogens (tertiary/aromatic N) is 1. The highest BCUT2D eigenvalue weighted by molar-refractivity contribution is 5.64. The van der Waals surface area contributed by atoms with Gasteiger partial charge >= 0.3 is 0 Å². The van der Waals surface area contributed by atoms with E-state index in [2.05, 4.69) is 5.32 Å². The lowest BCUT2D eigenvalue weighted by atomic mass is 10.1. The predicted octanol–water partition coefficient (Wildman–Crippen LogP) is 3.84. The normalized spacial score (nSPS) is 20.1. The third-order valence-corrected chi connectivity index (χ3v) is 3.62. The standard InChI is InChI=1S/C15H12F2N2O2/c16-11-6-7-13(19(20)21)15(14(11)17)18-12-8-10(12)9-4-2-1-3-5-9/h1-7,10,12,18H,8H2. The average Bonchev–Trinajstić information content (AvgIpc) is 3.24. The molecule has 0 aromatic heterocycles. The molecule has 2 aromatic carbocycles. The molecule has 0 spiro atoms. The van der Waals surface area contributed by atoms with Crippen LogP contribution in [0.4, 0.5) is 20.2 Å². The number of halogens is 2. The first-order valence-corrected chi connectivity index (χ1v) is 6.52. The van der Waals surface area contributed by atoms with Gasteiger partial charge in [-0.1, -0.05) is 30.3 Å². The Morgan fingerprint density at radius 1 is 1.14 bits per heavy atom. The van der Waals surface area contributed by atoms with Crippen molar-refractivity contribution in [3.63, 3.8) is 0 Å². The molecule has 21 heavy (non-hydrogen) atoms. The van der Waals surface area contributed by atoms with Crippen molar-refractivity contribution in [2.75, 3.05) is 5.32 Å². The van der Waals surface area contributed by atoms with E-state index in [4.69, 9.17) is 0 Å². The summed E-state index contributed by atoms with van der Waals surface area (Å²) in [6.45, 7) is 0. The molecule has 1 N–H and O–H groups in total. The van der Waals surface area contributed by atoms with Crippen LogP contribution in [0, 0.1) is 21.7 Å². The number of nitrogens with one attached hydrogen (secondary N) is 1. The molecule has 0 heterocycles. The zero-order valence-electron chi connectivity index (χ0n) is 10.9. The van der Waals surface area contributed by atoms with Crippen LogP contribution in [0.5, 0.6) is 0 Å². The Balaban J connectivity index is 1.84. The fourth-order valence-electron chi connectivity index (χ4n) is 2.44. The van der Waals surface area contributed by atoms with Gasteiger partial charge in [-0.05, 0) is 18.1 Å². The zero-order chi connectivity index (χ0) is 15.0. The maximum absolute atomic E-state index is 13.8. The van der Waals surface area contributed by atoms with Crippen molar-refractivity contribution >= 4 is 11.4 Å². The molecule has 108 valence electrons. The highest BCUT2D eigenvalue weighted by Crippen LogP contribution is 2.44. The molecule has 1 aliphatic rings. The minimum atomic E-state index is -1.21. The van der Waals surface area contributed by atoms with Gasteiger partial charge in [-0.25, -0.2) is 8.78 Å². The van der Waals surface area contributed by atoms with E-state index in [-0.39, 0.29) is 17.6 Å². The second kappa shape index (κ2) is 5.12. The van der Waals surface area contributed by atoms with Crippen LogP contribution in [0.15, 0.2) is 42.5 Å². The monoisotopic (exact) mass is 290 g/mol. The van der Waals surface area contributed by atoms with Crippen molar-refractivity contribution in [3.8, 4) is 0 Å². The lowest BCUT2D eigenvalue weighted by Gasteiger charge is -2.08. The van der Waals surface area contributed by atoms with Gasteiger partial charge in [-0.15, -0.1) is 0 Å². The van der Waals surface area contributed by atoms with Crippen LogP contribution in [0.25, 0.3) is 0 Å². The molecule has 4 nitrogen and oxygen atoms in total. The molecule has 0 aliphatic heterocycles.